The zero-order valence-electron chi connectivity index (χ0n) is 17.7. The molecular formula is C23H28N2O4. The summed E-state index contributed by atoms with van der Waals surface area (Å²) in [5.41, 5.74) is 2.58. The smallest absolute Gasteiger partial charge is 0.354 e. The Hall–Kier alpha value is -3.15. The van der Waals surface area contributed by atoms with Crippen LogP contribution < -0.4 is 0 Å². The van der Waals surface area contributed by atoms with E-state index in [4.69, 9.17) is 4.74 Å². The number of esters is 1. The van der Waals surface area contributed by atoms with E-state index in [0.29, 0.717) is 34.6 Å². The van der Waals surface area contributed by atoms with Crippen molar-refractivity contribution in [2.45, 2.75) is 40.3 Å². The normalized spacial score (nSPS) is 11.6. The van der Waals surface area contributed by atoms with E-state index in [1.165, 1.54) is 12.0 Å². The molecule has 29 heavy (non-hydrogen) atoms. The van der Waals surface area contributed by atoms with Crippen molar-refractivity contribution >= 4 is 17.7 Å². The molecule has 0 spiro atoms. The van der Waals surface area contributed by atoms with Crippen molar-refractivity contribution in [3.05, 3.63) is 71.1 Å². The molecule has 0 saturated carbocycles. The number of Topliss-reactive ketones (excluding diaryl/α,β-unsaturated/α-hetero) is 1. The van der Waals surface area contributed by atoms with Crippen LogP contribution in [0.1, 0.15) is 56.3 Å². The summed E-state index contributed by atoms with van der Waals surface area (Å²) >= 11 is 0. The van der Waals surface area contributed by atoms with Gasteiger partial charge in [0.15, 0.2) is 5.78 Å². The van der Waals surface area contributed by atoms with Crippen LogP contribution >= 0.6 is 0 Å². The van der Waals surface area contributed by atoms with Crippen molar-refractivity contribution in [3.8, 4) is 0 Å². The second kappa shape index (κ2) is 9.37. The monoisotopic (exact) mass is 396 g/mol. The first-order valence-corrected chi connectivity index (χ1v) is 9.59. The van der Waals surface area contributed by atoms with E-state index in [9.17, 15) is 14.4 Å². The summed E-state index contributed by atoms with van der Waals surface area (Å²) in [7, 11) is 1.32. The molecule has 0 unspecified atom stereocenters. The number of methoxy groups -OCH3 is 1. The molecule has 1 aromatic heterocycles. The highest BCUT2D eigenvalue weighted by Crippen LogP contribution is 2.26. The molecule has 1 heterocycles. The van der Waals surface area contributed by atoms with Crippen LogP contribution in [0.3, 0.4) is 0 Å². The standard InChI is InChI=1S/C23H28N2O4/c1-7-14-25(22(27)18-12-10-9-11-13-18)17(5)21(26)19-15(3)20(23(28)29-6)24(8-2)16(19)4/h7,9-13,17H,1,8,14H2,2-6H3/t17-/m1/s1. The Labute approximate surface area is 171 Å². The zero-order chi connectivity index (χ0) is 21.7. The number of rotatable bonds is 8. The highest BCUT2D eigenvalue weighted by atomic mass is 16.5. The van der Waals surface area contributed by atoms with Crippen molar-refractivity contribution in [3.63, 3.8) is 0 Å². The lowest BCUT2D eigenvalue weighted by Gasteiger charge is -2.27. The molecular weight excluding hydrogens is 368 g/mol. The highest BCUT2D eigenvalue weighted by molar-refractivity contribution is 6.07. The summed E-state index contributed by atoms with van der Waals surface area (Å²) < 4.78 is 6.68. The van der Waals surface area contributed by atoms with Gasteiger partial charge in [-0.2, -0.15) is 0 Å². The van der Waals surface area contributed by atoms with E-state index in [0.717, 1.165) is 0 Å². The minimum absolute atomic E-state index is 0.219. The van der Waals surface area contributed by atoms with Crippen LogP contribution in [0, 0.1) is 13.8 Å². The molecule has 6 heteroatoms. The maximum atomic E-state index is 13.4. The summed E-state index contributed by atoms with van der Waals surface area (Å²) in [6.45, 7) is 11.6. The topological polar surface area (TPSA) is 68.6 Å². The number of carbonyl (C=O) groups is 3. The number of nitrogens with zero attached hydrogens (tertiary/aromatic N) is 2. The summed E-state index contributed by atoms with van der Waals surface area (Å²) in [5.74, 6) is -0.948. The molecule has 0 aliphatic carbocycles. The number of hydrogen-bond acceptors (Lipinski definition) is 4. The number of amides is 1. The Balaban J connectivity index is 2.49. The summed E-state index contributed by atoms with van der Waals surface area (Å²) in [6.07, 6.45) is 1.60. The maximum Gasteiger partial charge on any atom is 0.354 e. The second-order valence-electron chi connectivity index (χ2n) is 6.82. The van der Waals surface area contributed by atoms with Crippen LogP contribution in [0.5, 0.6) is 0 Å². The maximum absolute atomic E-state index is 13.4. The van der Waals surface area contributed by atoms with Gasteiger partial charge in [0.1, 0.15) is 5.69 Å². The molecule has 1 aromatic carbocycles. The number of ketones is 1. The van der Waals surface area contributed by atoms with Gasteiger partial charge in [-0.3, -0.25) is 9.59 Å². The third-order valence-electron chi connectivity index (χ3n) is 5.16. The van der Waals surface area contributed by atoms with E-state index in [-0.39, 0.29) is 18.2 Å². The first-order chi connectivity index (χ1) is 13.8. The summed E-state index contributed by atoms with van der Waals surface area (Å²) in [4.78, 5) is 40.2. The molecule has 1 amide bonds. The van der Waals surface area contributed by atoms with Crippen molar-refractivity contribution in [2.75, 3.05) is 13.7 Å². The third kappa shape index (κ3) is 4.16. The fourth-order valence-corrected chi connectivity index (χ4v) is 3.67. The summed E-state index contributed by atoms with van der Waals surface area (Å²) in [6, 6.07) is 8.10. The number of aromatic nitrogens is 1. The van der Waals surface area contributed by atoms with Gasteiger partial charge in [0.25, 0.3) is 5.91 Å². The van der Waals surface area contributed by atoms with Crippen LogP contribution in [-0.4, -0.2) is 46.8 Å². The molecule has 0 aliphatic rings. The van der Waals surface area contributed by atoms with E-state index in [1.54, 1.807) is 55.7 Å². The van der Waals surface area contributed by atoms with Crippen LogP contribution in [0.15, 0.2) is 43.0 Å². The first-order valence-electron chi connectivity index (χ1n) is 9.59. The van der Waals surface area contributed by atoms with Crippen molar-refractivity contribution < 1.29 is 19.1 Å². The number of benzene rings is 1. The van der Waals surface area contributed by atoms with Gasteiger partial charge in [-0.25, -0.2) is 4.79 Å². The van der Waals surface area contributed by atoms with Crippen molar-refractivity contribution in [1.82, 2.24) is 9.47 Å². The van der Waals surface area contributed by atoms with Gasteiger partial charge in [0.05, 0.1) is 13.2 Å². The van der Waals surface area contributed by atoms with Gasteiger partial charge in [0.2, 0.25) is 0 Å². The third-order valence-corrected chi connectivity index (χ3v) is 5.16. The van der Waals surface area contributed by atoms with Gasteiger partial charge in [-0.15, -0.1) is 6.58 Å². The Morgan fingerprint density at radius 1 is 1.21 bits per heavy atom. The van der Waals surface area contributed by atoms with Crippen LogP contribution in [0.2, 0.25) is 0 Å². The average Bonchev–Trinajstić information content (AvgIpc) is 2.99. The fraction of sp³-hybridized carbons (Fsp3) is 0.348. The molecule has 0 bridgehead atoms. The van der Waals surface area contributed by atoms with Crippen LogP contribution in [-0.2, 0) is 11.3 Å². The van der Waals surface area contributed by atoms with Gasteiger partial charge in [-0.05, 0) is 45.4 Å². The van der Waals surface area contributed by atoms with Crippen molar-refractivity contribution in [1.29, 1.82) is 0 Å². The van der Waals surface area contributed by atoms with Crippen LogP contribution in [0.4, 0.5) is 0 Å². The lowest BCUT2D eigenvalue weighted by Crippen LogP contribution is -2.43. The SMILES string of the molecule is C=CCN(C(=O)c1ccccc1)[C@H](C)C(=O)c1c(C)c(C(=O)OC)n(CC)c1C. The van der Waals surface area contributed by atoms with Gasteiger partial charge in [-0.1, -0.05) is 24.3 Å². The molecule has 154 valence electrons. The molecule has 0 saturated heterocycles. The van der Waals surface area contributed by atoms with Gasteiger partial charge < -0.3 is 14.2 Å². The Bertz CT molecular complexity index is 928. The zero-order valence-corrected chi connectivity index (χ0v) is 17.7. The average molecular weight is 396 g/mol. The number of carbonyl (C=O) groups excluding carboxylic acids is 3. The predicted octanol–water partition coefficient (Wildman–Crippen LogP) is 3.81. The molecule has 2 aromatic rings. The molecule has 0 radical (unpaired) electrons. The largest absolute Gasteiger partial charge is 0.464 e. The minimum atomic E-state index is -0.726. The van der Waals surface area contributed by atoms with E-state index in [2.05, 4.69) is 6.58 Å². The molecule has 0 aliphatic heterocycles. The number of ether oxygens (including phenoxy) is 1. The Morgan fingerprint density at radius 2 is 1.83 bits per heavy atom. The lowest BCUT2D eigenvalue weighted by atomic mass is 9.99. The lowest BCUT2D eigenvalue weighted by molar-refractivity contribution is 0.0587. The molecule has 0 fully saturated rings. The predicted molar refractivity (Wildman–Crippen MR) is 112 cm³/mol. The van der Waals surface area contributed by atoms with E-state index >= 15 is 0 Å². The summed E-state index contributed by atoms with van der Waals surface area (Å²) in [5, 5.41) is 0. The second-order valence-corrected chi connectivity index (χ2v) is 6.82. The molecule has 0 N–H and O–H groups in total. The Morgan fingerprint density at radius 3 is 2.34 bits per heavy atom. The van der Waals surface area contributed by atoms with E-state index in [1.807, 2.05) is 13.0 Å². The Kier molecular flexibility index (Phi) is 7.15. The molecule has 1 atom stereocenters. The van der Waals surface area contributed by atoms with E-state index < -0.39 is 12.0 Å². The molecule has 2 rings (SSSR count). The van der Waals surface area contributed by atoms with Gasteiger partial charge in [0, 0.05) is 29.9 Å². The minimum Gasteiger partial charge on any atom is -0.464 e. The van der Waals surface area contributed by atoms with Crippen LogP contribution in [0.25, 0.3) is 0 Å². The highest BCUT2D eigenvalue weighted by Gasteiger charge is 2.32. The fourth-order valence-electron chi connectivity index (χ4n) is 3.67. The van der Waals surface area contributed by atoms with Crippen molar-refractivity contribution in [2.24, 2.45) is 0 Å². The quantitative estimate of drug-likeness (QED) is 0.387. The first kappa shape index (κ1) is 22.1. The number of hydrogen-bond donors (Lipinski definition) is 0. The molecule has 6 nitrogen and oxygen atoms in total. The van der Waals surface area contributed by atoms with Gasteiger partial charge >= 0.3 is 5.97 Å².